The summed E-state index contributed by atoms with van der Waals surface area (Å²) in [6, 6.07) is 6.07. The molecule has 4 nitrogen and oxygen atoms in total. The molecule has 0 aromatic heterocycles. The van der Waals surface area contributed by atoms with Crippen molar-refractivity contribution >= 4 is 17.5 Å². The fraction of sp³-hybridized carbons (Fsp3) is 0.562. The van der Waals surface area contributed by atoms with Crippen molar-refractivity contribution in [3.05, 3.63) is 23.8 Å². The van der Waals surface area contributed by atoms with E-state index in [0.29, 0.717) is 6.54 Å². The van der Waals surface area contributed by atoms with Gasteiger partial charge in [0.05, 0.1) is 17.9 Å². The highest BCUT2D eigenvalue weighted by molar-refractivity contribution is 5.94. The van der Waals surface area contributed by atoms with Crippen molar-refractivity contribution in [2.24, 2.45) is 0 Å². The highest BCUT2D eigenvalue weighted by atomic mass is 16.6. The van der Waals surface area contributed by atoms with Crippen molar-refractivity contribution in [2.45, 2.75) is 52.7 Å². The van der Waals surface area contributed by atoms with Gasteiger partial charge in [0, 0.05) is 5.54 Å². The summed E-state index contributed by atoms with van der Waals surface area (Å²) >= 11 is 0. The fourth-order valence-electron chi connectivity index (χ4n) is 2.34. The Morgan fingerprint density at radius 2 is 2.00 bits per heavy atom. The minimum atomic E-state index is -0.490. The number of amides is 1. The first kappa shape index (κ1) is 14.7. The van der Waals surface area contributed by atoms with E-state index < -0.39 is 5.60 Å². The highest BCUT2D eigenvalue weighted by Gasteiger charge is 2.35. The highest BCUT2D eigenvalue weighted by Crippen LogP contribution is 2.35. The summed E-state index contributed by atoms with van der Waals surface area (Å²) in [5.41, 5.74) is 2.31. The lowest BCUT2D eigenvalue weighted by molar-refractivity contribution is 0.0573. The van der Waals surface area contributed by atoms with Gasteiger partial charge in [0.1, 0.15) is 5.60 Å². The summed E-state index contributed by atoms with van der Waals surface area (Å²) in [4.78, 5) is 14.2. The van der Waals surface area contributed by atoms with Crippen LogP contribution in [0.5, 0.6) is 0 Å². The van der Waals surface area contributed by atoms with Crippen LogP contribution in [0.3, 0.4) is 0 Å². The van der Waals surface area contributed by atoms with Crippen LogP contribution < -0.4 is 10.2 Å². The summed E-state index contributed by atoms with van der Waals surface area (Å²) in [6.07, 6.45) is -0.293. The summed E-state index contributed by atoms with van der Waals surface area (Å²) in [5, 5.41) is 3.46. The standard InChI is InChI=1S/C16H24N2O2/c1-11-7-8-12-13(9-11)18(10-16(5,6)17-12)14(19)20-15(2,3)4/h7-9,17H,10H2,1-6H3. The number of hydrogen-bond acceptors (Lipinski definition) is 3. The molecule has 1 heterocycles. The van der Waals surface area contributed by atoms with Crippen LogP contribution in [0.4, 0.5) is 16.2 Å². The van der Waals surface area contributed by atoms with Crippen molar-refractivity contribution in [2.75, 3.05) is 16.8 Å². The molecule has 1 amide bonds. The lowest BCUT2D eigenvalue weighted by Crippen LogP contribution is -2.51. The molecule has 0 bridgehead atoms. The maximum absolute atomic E-state index is 12.5. The molecule has 0 saturated carbocycles. The molecule has 0 radical (unpaired) electrons. The van der Waals surface area contributed by atoms with Crippen LogP contribution in [0.1, 0.15) is 40.2 Å². The Labute approximate surface area is 121 Å². The number of aryl methyl sites for hydroxylation is 1. The molecule has 0 spiro atoms. The second-order valence-corrected chi connectivity index (χ2v) is 7.10. The number of fused-ring (bicyclic) bond motifs is 1. The molecule has 110 valence electrons. The van der Waals surface area contributed by atoms with Gasteiger partial charge in [0.15, 0.2) is 0 Å². The molecule has 0 aliphatic carbocycles. The predicted octanol–water partition coefficient (Wildman–Crippen LogP) is 3.94. The van der Waals surface area contributed by atoms with Gasteiger partial charge in [-0.05, 0) is 59.2 Å². The number of ether oxygens (including phenoxy) is 1. The van der Waals surface area contributed by atoms with Gasteiger partial charge in [-0.25, -0.2) is 4.79 Å². The third-order valence-electron chi connectivity index (χ3n) is 3.08. The lowest BCUT2D eigenvalue weighted by atomic mass is 9.99. The topological polar surface area (TPSA) is 41.6 Å². The average Bonchev–Trinajstić information content (AvgIpc) is 2.25. The second kappa shape index (κ2) is 4.69. The normalized spacial score (nSPS) is 17.2. The van der Waals surface area contributed by atoms with E-state index in [2.05, 4.69) is 19.2 Å². The Bertz CT molecular complexity index is 530. The van der Waals surface area contributed by atoms with Crippen LogP contribution in [0, 0.1) is 6.92 Å². The van der Waals surface area contributed by atoms with Crippen molar-refractivity contribution in [3.8, 4) is 0 Å². The number of anilines is 2. The number of carbonyl (C=O) groups is 1. The van der Waals surface area contributed by atoms with E-state index in [4.69, 9.17) is 4.74 Å². The molecule has 1 aromatic carbocycles. The third kappa shape index (κ3) is 3.24. The second-order valence-electron chi connectivity index (χ2n) is 7.10. The SMILES string of the molecule is Cc1ccc2c(c1)N(C(=O)OC(C)(C)C)CC(C)(C)N2. The van der Waals surface area contributed by atoms with E-state index in [0.717, 1.165) is 16.9 Å². The number of rotatable bonds is 0. The van der Waals surface area contributed by atoms with Crippen molar-refractivity contribution in [1.82, 2.24) is 0 Å². The van der Waals surface area contributed by atoms with Crippen molar-refractivity contribution < 1.29 is 9.53 Å². The predicted molar refractivity (Wildman–Crippen MR) is 82.5 cm³/mol. The molecule has 0 atom stereocenters. The molecule has 1 aliphatic rings. The number of nitrogens with one attached hydrogen (secondary N) is 1. The van der Waals surface area contributed by atoms with Crippen LogP contribution >= 0.6 is 0 Å². The van der Waals surface area contributed by atoms with Crippen LogP contribution in [0.25, 0.3) is 0 Å². The first-order valence-electron chi connectivity index (χ1n) is 6.97. The third-order valence-corrected chi connectivity index (χ3v) is 3.08. The van der Waals surface area contributed by atoms with Gasteiger partial charge in [-0.15, -0.1) is 0 Å². The Hall–Kier alpha value is -1.71. The van der Waals surface area contributed by atoms with Gasteiger partial charge in [0.2, 0.25) is 0 Å². The van der Waals surface area contributed by atoms with Crippen molar-refractivity contribution in [3.63, 3.8) is 0 Å². The van der Waals surface area contributed by atoms with Crippen LogP contribution in [-0.2, 0) is 4.74 Å². The summed E-state index contributed by atoms with van der Waals surface area (Å²) < 4.78 is 5.53. The largest absolute Gasteiger partial charge is 0.443 e. The number of hydrogen-bond donors (Lipinski definition) is 1. The molecule has 4 heteroatoms. The van der Waals surface area contributed by atoms with E-state index in [9.17, 15) is 4.79 Å². The van der Waals surface area contributed by atoms with Gasteiger partial charge in [-0.2, -0.15) is 0 Å². The van der Waals surface area contributed by atoms with E-state index in [1.54, 1.807) is 4.90 Å². The van der Waals surface area contributed by atoms with E-state index in [1.807, 2.05) is 45.9 Å². The molecule has 20 heavy (non-hydrogen) atoms. The molecule has 1 aliphatic heterocycles. The zero-order chi connectivity index (χ0) is 15.1. The number of benzene rings is 1. The molecular weight excluding hydrogens is 252 g/mol. The minimum Gasteiger partial charge on any atom is -0.443 e. The smallest absolute Gasteiger partial charge is 0.414 e. The fourth-order valence-corrected chi connectivity index (χ4v) is 2.34. The minimum absolute atomic E-state index is 0.181. The Balaban J connectivity index is 2.38. The van der Waals surface area contributed by atoms with Gasteiger partial charge in [0.25, 0.3) is 0 Å². The average molecular weight is 276 g/mol. The number of nitrogens with zero attached hydrogens (tertiary/aromatic N) is 1. The first-order valence-corrected chi connectivity index (χ1v) is 6.97. The summed E-state index contributed by atoms with van der Waals surface area (Å²) in [7, 11) is 0. The van der Waals surface area contributed by atoms with E-state index in [1.165, 1.54) is 0 Å². The Morgan fingerprint density at radius 3 is 2.60 bits per heavy atom. The van der Waals surface area contributed by atoms with Gasteiger partial charge in [-0.1, -0.05) is 6.07 Å². The summed E-state index contributed by atoms with van der Waals surface area (Å²) in [5.74, 6) is 0. The Kier molecular flexibility index (Phi) is 3.44. The molecule has 0 saturated heterocycles. The zero-order valence-electron chi connectivity index (χ0n) is 13.2. The van der Waals surface area contributed by atoms with E-state index >= 15 is 0 Å². The van der Waals surface area contributed by atoms with E-state index in [-0.39, 0.29) is 11.6 Å². The monoisotopic (exact) mass is 276 g/mol. The molecule has 0 fully saturated rings. The molecule has 1 aromatic rings. The quantitative estimate of drug-likeness (QED) is 0.780. The Morgan fingerprint density at radius 1 is 1.35 bits per heavy atom. The molecule has 2 rings (SSSR count). The zero-order valence-corrected chi connectivity index (χ0v) is 13.2. The van der Waals surface area contributed by atoms with Crippen LogP contribution in [0.2, 0.25) is 0 Å². The van der Waals surface area contributed by atoms with Gasteiger partial charge >= 0.3 is 6.09 Å². The molecular formula is C16H24N2O2. The first-order chi connectivity index (χ1) is 9.07. The van der Waals surface area contributed by atoms with Gasteiger partial charge in [-0.3, -0.25) is 4.90 Å². The molecule has 0 unspecified atom stereocenters. The van der Waals surface area contributed by atoms with Crippen LogP contribution in [-0.4, -0.2) is 23.8 Å². The van der Waals surface area contributed by atoms with Gasteiger partial charge < -0.3 is 10.1 Å². The molecule has 1 N–H and O–H groups in total. The number of carbonyl (C=O) groups excluding carboxylic acids is 1. The van der Waals surface area contributed by atoms with Crippen LogP contribution in [0.15, 0.2) is 18.2 Å². The summed E-state index contributed by atoms with van der Waals surface area (Å²) in [6.45, 7) is 12.4. The van der Waals surface area contributed by atoms with Crippen molar-refractivity contribution in [1.29, 1.82) is 0 Å². The lowest BCUT2D eigenvalue weighted by Gasteiger charge is -2.41. The maximum Gasteiger partial charge on any atom is 0.414 e. The maximum atomic E-state index is 12.5.